The van der Waals surface area contributed by atoms with Crippen LogP contribution in [0.15, 0.2) is 24.3 Å². The number of benzene rings is 2. The topological polar surface area (TPSA) is 38.0 Å². The zero-order chi connectivity index (χ0) is 14.2. The Kier molecular flexibility index (Phi) is 4.31. The molecule has 0 saturated carbocycles. The molecule has 0 atom stereocenters. The quantitative estimate of drug-likeness (QED) is 0.682. The highest BCUT2D eigenvalue weighted by Crippen LogP contribution is 2.39. The van der Waals surface area contributed by atoms with E-state index in [0.717, 1.165) is 12.1 Å². The van der Waals surface area contributed by atoms with Crippen molar-refractivity contribution in [3.8, 4) is 0 Å². The molecule has 2 aromatic carbocycles. The van der Waals surface area contributed by atoms with Crippen LogP contribution < -0.4 is 11.1 Å². The van der Waals surface area contributed by atoms with Gasteiger partial charge in [0.15, 0.2) is 0 Å². The van der Waals surface area contributed by atoms with Gasteiger partial charge in [0.05, 0.1) is 31.5 Å². The zero-order valence-corrected chi connectivity index (χ0v) is 12.3. The maximum absolute atomic E-state index is 13.1. The molecule has 0 spiro atoms. The largest absolute Gasteiger partial charge is 0.399 e. The average molecular weight is 340 g/mol. The minimum absolute atomic E-state index is 0.119. The van der Waals surface area contributed by atoms with Crippen molar-refractivity contribution in [3.63, 3.8) is 0 Å². The van der Waals surface area contributed by atoms with E-state index in [1.807, 2.05) is 0 Å². The van der Waals surface area contributed by atoms with Gasteiger partial charge in [0.1, 0.15) is 5.82 Å². The number of hydrogen-bond acceptors (Lipinski definition) is 2. The second-order valence-electron chi connectivity index (χ2n) is 3.73. The van der Waals surface area contributed by atoms with Crippen LogP contribution in [-0.4, -0.2) is 0 Å². The fourth-order valence-electron chi connectivity index (χ4n) is 1.50. The van der Waals surface area contributed by atoms with Crippen LogP contribution in [0.3, 0.4) is 0 Å². The maximum atomic E-state index is 13.1. The fourth-order valence-corrected chi connectivity index (χ4v) is 2.65. The SMILES string of the molecule is Nc1cc(Cl)c(Nc2c(Cl)cc(F)cc2Cl)c(Cl)c1. The smallest absolute Gasteiger partial charge is 0.126 e. The number of nitrogen functional groups attached to an aromatic ring is 1. The molecule has 100 valence electrons. The number of hydrogen-bond donors (Lipinski definition) is 2. The summed E-state index contributed by atoms with van der Waals surface area (Å²) in [7, 11) is 0. The normalized spacial score (nSPS) is 10.6. The molecule has 0 aromatic heterocycles. The van der Waals surface area contributed by atoms with E-state index in [1.54, 1.807) is 0 Å². The third kappa shape index (κ3) is 3.18. The van der Waals surface area contributed by atoms with Crippen molar-refractivity contribution in [3.05, 3.63) is 50.2 Å². The van der Waals surface area contributed by atoms with E-state index in [4.69, 9.17) is 52.1 Å². The van der Waals surface area contributed by atoms with Gasteiger partial charge in [-0.15, -0.1) is 0 Å². The summed E-state index contributed by atoms with van der Waals surface area (Å²) in [6.07, 6.45) is 0. The van der Waals surface area contributed by atoms with E-state index in [9.17, 15) is 4.39 Å². The Morgan fingerprint density at radius 1 is 0.789 bits per heavy atom. The Bertz CT molecular complexity index is 544. The van der Waals surface area contributed by atoms with Gasteiger partial charge in [-0.1, -0.05) is 46.4 Å². The molecule has 0 bridgehead atoms. The second kappa shape index (κ2) is 5.63. The summed E-state index contributed by atoms with van der Waals surface area (Å²) in [5.41, 5.74) is 6.74. The third-order valence-electron chi connectivity index (χ3n) is 2.32. The summed E-state index contributed by atoms with van der Waals surface area (Å²) in [6, 6.07) is 5.33. The minimum atomic E-state index is -0.532. The standard InChI is InChI=1S/C12H7Cl4FN2/c13-7-1-5(17)2-8(14)11(7)19-12-9(15)3-6(18)4-10(12)16/h1-4,19H,18H2. The van der Waals surface area contributed by atoms with Gasteiger partial charge >= 0.3 is 0 Å². The highest BCUT2D eigenvalue weighted by Gasteiger charge is 2.13. The molecule has 7 heteroatoms. The number of rotatable bonds is 2. The Hall–Kier alpha value is -0.870. The lowest BCUT2D eigenvalue weighted by Gasteiger charge is -2.14. The summed E-state index contributed by atoms with van der Waals surface area (Å²) < 4.78 is 13.1. The van der Waals surface area contributed by atoms with Crippen LogP contribution in [0.5, 0.6) is 0 Å². The first kappa shape index (κ1) is 14.5. The summed E-state index contributed by atoms with van der Waals surface area (Å²) >= 11 is 23.9. The molecule has 0 heterocycles. The van der Waals surface area contributed by atoms with Gasteiger partial charge in [-0.3, -0.25) is 0 Å². The Balaban J connectivity index is 2.48. The van der Waals surface area contributed by atoms with E-state index in [1.165, 1.54) is 12.1 Å². The molecule has 2 rings (SSSR count). The molecule has 2 aromatic rings. The maximum Gasteiger partial charge on any atom is 0.126 e. The van der Waals surface area contributed by atoms with Crippen LogP contribution in [0.25, 0.3) is 0 Å². The highest BCUT2D eigenvalue weighted by atomic mass is 35.5. The third-order valence-corrected chi connectivity index (χ3v) is 3.51. The Morgan fingerprint density at radius 2 is 1.16 bits per heavy atom. The molecule has 0 aliphatic carbocycles. The molecule has 0 aliphatic rings. The van der Waals surface area contributed by atoms with Crippen LogP contribution in [0, 0.1) is 5.82 Å². The van der Waals surface area contributed by atoms with E-state index < -0.39 is 5.82 Å². The van der Waals surface area contributed by atoms with Crippen LogP contribution in [-0.2, 0) is 0 Å². The molecular weight excluding hydrogens is 333 g/mol. The van der Waals surface area contributed by atoms with Crippen LogP contribution in [0.1, 0.15) is 0 Å². The van der Waals surface area contributed by atoms with Crippen molar-refractivity contribution >= 4 is 63.5 Å². The van der Waals surface area contributed by atoms with E-state index in [0.29, 0.717) is 27.1 Å². The van der Waals surface area contributed by atoms with E-state index >= 15 is 0 Å². The monoisotopic (exact) mass is 338 g/mol. The lowest BCUT2D eigenvalue weighted by molar-refractivity contribution is 0.628. The Labute approximate surface area is 129 Å². The number of nitrogens with two attached hydrogens (primary N) is 1. The van der Waals surface area contributed by atoms with Crippen molar-refractivity contribution in [2.75, 3.05) is 11.1 Å². The van der Waals surface area contributed by atoms with Gasteiger partial charge in [0.2, 0.25) is 0 Å². The van der Waals surface area contributed by atoms with Gasteiger partial charge in [0.25, 0.3) is 0 Å². The van der Waals surface area contributed by atoms with Crippen molar-refractivity contribution in [1.29, 1.82) is 0 Å². The lowest BCUT2D eigenvalue weighted by atomic mass is 10.2. The van der Waals surface area contributed by atoms with Gasteiger partial charge in [0, 0.05) is 5.69 Å². The molecule has 0 unspecified atom stereocenters. The van der Waals surface area contributed by atoms with Crippen molar-refractivity contribution in [1.82, 2.24) is 0 Å². The van der Waals surface area contributed by atoms with Gasteiger partial charge in [-0.2, -0.15) is 0 Å². The predicted molar refractivity (Wildman–Crippen MR) is 80.6 cm³/mol. The summed E-state index contributed by atoms with van der Waals surface area (Å²) in [6.45, 7) is 0. The van der Waals surface area contributed by atoms with Crippen LogP contribution in [0.2, 0.25) is 20.1 Å². The first-order valence-corrected chi connectivity index (χ1v) is 6.55. The molecule has 2 nitrogen and oxygen atoms in total. The second-order valence-corrected chi connectivity index (χ2v) is 5.36. The minimum Gasteiger partial charge on any atom is -0.399 e. The Morgan fingerprint density at radius 3 is 1.58 bits per heavy atom. The summed E-state index contributed by atoms with van der Waals surface area (Å²) in [5.74, 6) is -0.532. The molecule has 0 saturated heterocycles. The molecule has 0 aliphatic heterocycles. The van der Waals surface area contributed by atoms with Crippen molar-refractivity contribution < 1.29 is 4.39 Å². The molecule has 19 heavy (non-hydrogen) atoms. The first-order valence-electron chi connectivity index (χ1n) is 5.04. The molecule has 0 amide bonds. The fraction of sp³-hybridized carbons (Fsp3) is 0. The molecule has 0 fully saturated rings. The average Bonchev–Trinajstić information content (AvgIpc) is 2.25. The predicted octanol–water partition coefficient (Wildman–Crippen LogP) is 5.77. The summed E-state index contributed by atoms with van der Waals surface area (Å²) in [4.78, 5) is 0. The number of nitrogens with one attached hydrogen (secondary N) is 1. The van der Waals surface area contributed by atoms with Gasteiger partial charge < -0.3 is 11.1 Å². The van der Waals surface area contributed by atoms with Gasteiger partial charge in [-0.25, -0.2) is 4.39 Å². The van der Waals surface area contributed by atoms with Crippen molar-refractivity contribution in [2.45, 2.75) is 0 Å². The lowest BCUT2D eigenvalue weighted by Crippen LogP contribution is -1.96. The van der Waals surface area contributed by atoms with Crippen LogP contribution in [0.4, 0.5) is 21.5 Å². The molecular formula is C12H7Cl4FN2. The summed E-state index contributed by atoms with van der Waals surface area (Å²) in [5, 5.41) is 3.73. The zero-order valence-electron chi connectivity index (χ0n) is 9.28. The molecule has 3 N–H and O–H groups in total. The van der Waals surface area contributed by atoms with E-state index in [2.05, 4.69) is 5.32 Å². The first-order chi connectivity index (χ1) is 8.88. The van der Waals surface area contributed by atoms with Crippen LogP contribution >= 0.6 is 46.4 Å². The van der Waals surface area contributed by atoms with Gasteiger partial charge in [-0.05, 0) is 24.3 Å². The van der Waals surface area contributed by atoms with Crippen molar-refractivity contribution in [2.24, 2.45) is 0 Å². The van der Waals surface area contributed by atoms with E-state index in [-0.39, 0.29) is 10.0 Å². The number of anilines is 3. The number of halogens is 5. The highest BCUT2D eigenvalue weighted by molar-refractivity contribution is 6.41. The molecule has 0 radical (unpaired) electrons.